The Kier molecular flexibility index (Phi) is 4.64. The van der Waals surface area contributed by atoms with Crippen molar-refractivity contribution in [1.82, 2.24) is 4.98 Å². The first kappa shape index (κ1) is 11.2. The highest BCUT2D eigenvalue weighted by Gasteiger charge is 1.99. The molecule has 1 heteroatoms. The number of pyridine rings is 1. The first-order valence-corrected chi connectivity index (χ1v) is 5.67. The van der Waals surface area contributed by atoms with E-state index < -0.39 is 0 Å². The van der Waals surface area contributed by atoms with Crippen LogP contribution in [0.4, 0.5) is 0 Å². The minimum Gasteiger partial charge on any atom is -0.258 e. The predicted molar refractivity (Wildman–Crippen MR) is 61.4 cm³/mol. The molecule has 0 aromatic carbocycles. The molecular weight excluding hydrogens is 170 g/mol. The molecule has 0 amide bonds. The third-order valence-corrected chi connectivity index (χ3v) is 2.35. The molecule has 0 unspecified atom stereocenters. The van der Waals surface area contributed by atoms with Gasteiger partial charge >= 0.3 is 0 Å². The predicted octanol–water partition coefficient (Wildman–Crippen LogP) is 3.62. The van der Waals surface area contributed by atoms with Gasteiger partial charge in [-0.3, -0.25) is 4.98 Å². The summed E-state index contributed by atoms with van der Waals surface area (Å²) < 4.78 is 0. The van der Waals surface area contributed by atoms with Gasteiger partial charge < -0.3 is 0 Å². The van der Waals surface area contributed by atoms with E-state index in [0.717, 1.165) is 18.8 Å². The molecule has 0 spiro atoms. The molecule has 1 aromatic heterocycles. The van der Waals surface area contributed by atoms with E-state index in [4.69, 9.17) is 0 Å². The number of rotatable bonds is 5. The fraction of sp³-hybridized carbons (Fsp3) is 0.615. The second-order valence-corrected chi connectivity index (χ2v) is 4.30. The maximum Gasteiger partial charge on any atom is 0.0407 e. The first-order chi connectivity index (χ1) is 6.72. The van der Waals surface area contributed by atoms with Crippen molar-refractivity contribution >= 4 is 0 Å². The van der Waals surface area contributed by atoms with Gasteiger partial charge in [-0.2, -0.15) is 0 Å². The van der Waals surface area contributed by atoms with Crippen LogP contribution in [-0.2, 0) is 12.8 Å². The third kappa shape index (κ3) is 3.91. The third-order valence-electron chi connectivity index (χ3n) is 2.35. The molecule has 0 bridgehead atoms. The van der Waals surface area contributed by atoms with Gasteiger partial charge in [0.1, 0.15) is 0 Å². The zero-order valence-electron chi connectivity index (χ0n) is 9.59. The Morgan fingerprint density at radius 1 is 1.14 bits per heavy atom. The van der Waals surface area contributed by atoms with Crippen molar-refractivity contribution in [2.45, 2.75) is 46.5 Å². The number of hydrogen-bond acceptors (Lipinski definition) is 1. The van der Waals surface area contributed by atoms with Crippen LogP contribution in [0.3, 0.4) is 0 Å². The quantitative estimate of drug-likeness (QED) is 0.692. The van der Waals surface area contributed by atoms with Crippen molar-refractivity contribution in [1.29, 1.82) is 0 Å². The lowest BCUT2D eigenvalue weighted by Crippen LogP contribution is -1.97. The lowest BCUT2D eigenvalue weighted by Gasteiger charge is -2.05. The Labute approximate surface area is 87.6 Å². The van der Waals surface area contributed by atoms with Gasteiger partial charge in [-0.15, -0.1) is 0 Å². The summed E-state index contributed by atoms with van der Waals surface area (Å²) in [6.45, 7) is 6.72. The summed E-state index contributed by atoms with van der Waals surface area (Å²) in [5, 5.41) is 0. The molecule has 0 atom stereocenters. The van der Waals surface area contributed by atoms with Crippen LogP contribution in [0.2, 0.25) is 0 Å². The van der Waals surface area contributed by atoms with Crippen LogP contribution >= 0.6 is 0 Å². The normalized spacial score (nSPS) is 10.9. The second-order valence-electron chi connectivity index (χ2n) is 4.30. The van der Waals surface area contributed by atoms with E-state index in [1.165, 1.54) is 24.2 Å². The smallest absolute Gasteiger partial charge is 0.0407 e. The molecule has 0 aliphatic heterocycles. The number of aryl methyl sites for hydroxylation is 2. The van der Waals surface area contributed by atoms with Crippen molar-refractivity contribution < 1.29 is 0 Å². The van der Waals surface area contributed by atoms with Crippen molar-refractivity contribution in [3.63, 3.8) is 0 Å². The second kappa shape index (κ2) is 5.79. The summed E-state index contributed by atoms with van der Waals surface area (Å²) in [4.78, 5) is 4.63. The summed E-state index contributed by atoms with van der Waals surface area (Å²) in [7, 11) is 0. The Bertz CT molecular complexity index is 266. The van der Waals surface area contributed by atoms with Crippen LogP contribution in [-0.4, -0.2) is 4.98 Å². The van der Waals surface area contributed by atoms with E-state index >= 15 is 0 Å². The Hall–Kier alpha value is -0.850. The molecule has 0 aliphatic rings. The van der Waals surface area contributed by atoms with Crippen LogP contribution in [0.15, 0.2) is 18.2 Å². The number of nitrogens with zero attached hydrogens (tertiary/aromatic N) is 1. The topological polar surface area (TPSA) is 12.9 Å². The number of hydrogen-bond donors (Lipinski definition) is 0. The summed E-state index contributed by atoms with van der Waals surface area (Å²) in [6, 6.07) is 6.40. The highest BCUT2D eigenvalue weighted by molar-refractivity contribution is 5.11. The lowest BCUT2D eigenvalue weighted by molar-refractivity contribution is 0.580. The maximum atomic E-state index is 4.63. The SMILES string of the molecule is CCCc1cccc(CCC(C)C)n1. The average Bonchev–Trinajstić information content (AvgIpc) is 2.16. The van der Waals surface area contributed by atoms with E-state index in [1.54, 1.807) is 0 Å². The van der Waals surface area contributed by atoms with Crippen LogP contribution in [0.5, 0.6) is 0 Å². The van der Waals surface area contributed by atoms with Gasteiger partial charge in [0.25, 0.3) is 0 Å². The molecule has 0 N–H and O–H groups in total. The minimum absolute atomic E-state index is 0.770. The maximum absolute atomic E-state index is 4.63. The molecule has 78 valence electrons. The molecular formula is C13H21N. The van der Waals surface area contributed by atoms with Crippen molar-refractivity contribution in [2.24, 2.45) is 5.92 Å². The van der Waals surface area contributed by atoms with Crippen LogP contribution in [0, 0.1) is 5.92 Å². The highest BCUT2D eigenvalue weighted by Crippen LogP contribution is 2.08. The average molecular weight is 191 g/mol. The van der Waals surface area contributed by atoms with E-state index in [9.17, 15) is 0 Å². The molecule has 1 aromatic rings. The van der Waals surface area contributed by atoms with Crippen LogP contribution in [0.1, 0.15) is 45.0 Å². The fourth-order valence-corrected chi connectivity index (χ4v) is 1.50. The molecule has 0 aliphatic carbocycles. The molecule has 14 heavy (non-hydrogen) atoms. The van der Waals surface area contributed by atoms with Crippen molar-refractivity contribution in [3.8, 4) is 0 Å². The Morgan fingerprint density at radius 3 is 2.36 bits per heavy atom. The minimum atomic E-state index is 0.770. The zero-order valence-corrected chi connectivity index (χ0v) is 9.59. The van der Waals surface area contributed by atoms with E-state index in [2.05, 4.69) is 44.0 Å². The number of aromatic nitrogens is 1. The molecule has 1 rings (SSSR count). The summed E-state index contributed by atoms with van der Waals surface area (Å²) in [6.07, 6.45) is 4.65. The Balaban J connectivity index is 2.54. The largest absolute Gasteiger partial charge is 0.258 e. The van der Waals surface area contributed by atoms with Crippen molar-refractivity contribution in [3.05, 3.63) is 29.6 Å². The van der Waals surface area contributed by atoms with Crippen LogP contribution in [0.25, 0.3) is 0 Å². The molecule has 0 fully saturated rings. The summed E-state index contributed by atoms with van der Waals surface area (Å²) >= 11 is 0. The monoisotopic (exact) mass is 191 g/mol. The van der Waals surface area contributed by atoms with Gasteiger partial charge in [0.2, 0.25) is 0 Å². The van der Waals surface area contributed by atoms with Crippen LogP contribution < -0.4 is 0 Å². The molecule has 0 saturated carbocycles. The Morgan fingerprint density at radius 2 is 1.79 bits per heavy atom. The van der Waals surface area contributed by atoms with Gasteiger partial charge in [-0.05, 0) is 37.3 Å². The van der Waals surface area contributed by atoms with Gasteiger partial charge in [-0.1, -0.05) is 33.3 Å². The molecule has 1 nitrogen and oxygen atoms in total. The van der Waals surface area contributed by atoms with E-state index in [-0.39, 0.29) is 0 Å². The van der Waals surface area contributed by atoms with Gasteiger partial charge in [-0.25, -0.2) is 0 Å². The molecule has 0 saturated heterocycles. The molecule has 1 heterocycles. The summed E-state index contributed by atoms with van der Waals surface area (Å²) in [5.74, 6) is 0.770. The first-order valence-electron chi connectivity index (χ1n) is 5.67. The highest BCUT2D eigenvalue weighted by atomic mass is 14.7. The fourth-order valence-electron chi connectivity index (χ4n) is 1.50. The molecule has 0 radical (unpaired) electrons. The van der Waals surface area contributed by atoms with Crippen molar-refractivity contribution in [2.75, 3.05) is 0 Å². The van der Waals surface area contributed by atoms with Gasteiger partial charge in [0.05, 0.1) is 0 Å². The van der Waals surface area contributed by atoms with E-state index in [0.29, 0.717) is 0 Å². The standard InChI is InChI=1S/C13H21N/c1-4-6-12-7-5-8-13(14-12)10-9-11(2)3/h5,7-8,11H,4,6,9-10H2,1-3H3. The zero-order chi connectivity index (χ0) is 10.4. The summed E-state index contributed by atoms with van der Waals surface area (Å²) in [5.41, 5.74) is 2.50. The van der Waals surface area contributed by atoms with E-state index in [1.807, 2.05) is 0 Å². The van der Waals surface area contributed by atoms with Gasteiger partial charge in [0.15, 0.2) is 0 Å². The van der Waals surface area contributed by atoms with Gasteiger partial charge in [0, 0.05) is 11.4 Å². The lowest BCUT2D eigenvalue weighted by atomic mass is 10.1.